The Morgan fingerprint density at radius 3 is 2.90 bits per heavy atom. The number of benzene rings is 1. The number of piperidine rings is 1. The van der Waals surface area contributed by atoms with Gasteiger partial charge in [-0.15, -0.1) is 0 Å². The number of nitrogens with two attached hydrogens (primary N) is 1. The minimum atomic E-state index is -0.301. The van der Waals surface area contributed by atoms with Crippen LogP contribution in [-0.4, -0.2) is 37.0 Å². The lowest BCUT2D eigenvalue weighted by Gasteiger charge is -2.36. The molecule has 1 aliphatic rings. The first kappa shape index (κ1) is 14.9. The second kappa shape index (κ2) is 6.33. The Labute approximate surface area is 119 Å². The van der Waals surface area contributed by atoms with Gasteiger partial charge < -0.3 is 10.5 Å². The summed E-state index contributed by atoms with van der Waals surface area (Å²) in [4.78, 5) is 2.21. The molecule has 0 spiro atoms. The van der Waals surface area contributed by atoms with E-state index in [1.807, 2.05) is 0 Å². The van der Waals surface area contributed by atoms with Crippen molar-refractivity contribution in [2.24, 2.45) is 11.7 Å². The zero-order valence-electron chi connectivity index (χ0n) is 12.0. The van der Waals surface area contributed by atoms with Crippen LogP contribution in [0.3, 0.4) is 0 Å². The van der Waals surface area contributed by atoms with Crippen LogP contribution < -0.4 is 5.73 Å². The fraction of sp³-hybridized carbons (Fsp3) is 0.533. The molecule has 1 aliphatic heterocycles. The summed E-state index contributed by atoms with van der Waals surface area (Å²) in [7, 11) is 1.73. The minimum Gasteiger partial charge on any atom is -0.384 e. The highest BCUT2D eigenvalue weighted by Gasteiger charge is 2.26. The number of hydrogen-bond donors (Lipinski definition) is 2. The summed E-state index contributed by atoms with van der Waals surface area (Å²) in [5, 5.41) is 7.31. The summed E-state index contributed by atoms with van der Waals surface area (Å²) in [6.45, 7) is 4.53. The van der Waals surface area contributed by atoms with Gasteiger partial charge in [-0.25, -0.2) is 4.39 Å². The summed E-state index contributed by atoms with van der Waals surface area (Å²) in [6.07, 6.45) is 1.27. The first-order valence-electron chi connectivity index (χ1n) is 6.89. The van der Waals surface area contributed by atoms with Gasteiger partial charge in [-0.05, 0) is 24.9 Å². The maximum Gasteiger partial charge on any atom is 0.128 e. The molecule has 1 heterocycles. The Morgan fingerprint density at radius 1 is 1.55 bits per heavy atom. The number of nitrogens with zero attached hydrogens (tertiary/aromatic N) is 1. The third-order valence-corrected chi connectivity index (χ3v) is 4.03. The third kappa shape index (κ3) is 3.35. The van der Waals surface area contributed by atoms with Crippen molar-refractivity contribution in [2.75, 3.05) is 20.2 Å². The van der Waals surface area contributed by atoms with E-state index in [0.29, 0.717) is 23.6 Å². The molecule has 0 saturated carbocycles. The Hall–Kier alpha value is -1.46. The minimum absolute atomic E-state index is 0.110. The van der Waals surface area contributed by atoms with Crippen LogP contribution in [0.25, 0.3) is 0 Å². The van der Waals surface area contributed by atoms with Crippen LogP contribution in [0.4, 0.5) is 4.39 Å². The fourth-order valence-corrected chi connectivity index (χ4v) is 2.63. The van der Waals surface area contributed by atoms with Crippen molar-refractivity contribution in [1.29, 1.82) is 5.41 Å². The standard InChI is InChI=1S/C15H22FN3O/c1-10-5-6-19(9-14(10)20-2)8-12-4-3-11(15(17)18)7-13(12)16/h3-4,7,10,14H,5-6,8-9H2,1-2H3,(H3,17,18). The Bertz CT molecular complexity index is 492. The maximum absolute atomic E-state index is 14.0. The second-order valence-corrected chi connectivity index (χ2v) is 5.50. The smallest absolute Gasteiger partial charge is 0.128 e. The van der Waals surface area contributed by atoms with Gasteiger partial charge in [0, 0.05) is 31.3 Å². The van der Waals surface area contributed by atoms with Crippen LogP contribution in [0.1, 0.15) is 24.5 Å². The van der Waals surface area contributed by atoms with E-state index in [-0.39, 0.29) is 17.8 Å². The number of hydrogen-bond acceptors (Lipinski definition) is 3. The topological polar surface area (TPSA) is 62.3 Å². The molecule has 110 valence electrons. The summed E-state index contributed by atoms with van der Waals surface area (Å²) in [5.41, 5.74) is 6.42. The van der Waals surface area contributed by atoms with Crippen molar-refractivity contribution < 1.29 is 9.13 Å². The van der Waals surface area contributed by atoms with E-state index in [2.05, 4.69) is 11.8 Å². The molecule has 1 saturated heterocycles. The van der Waals surface area contributed by atoms with Crippen molar-refractivity contribution in [1.82, 2.24) is 4.90 Å². The fourth-order valence-electron chi connectivity index (χ4n) is 2.63. The third-order valence-electron chi connectivity index (χ3n) is 4.03. The summed E-state index contributed by atoms with van der Waals surface area (Å²) < 4.78 is 19.5. The highest BCUT2D eigenvalue weighted by atomic mass is 19.1. The summed E-state index contributed by atoms with van der Waals surface area (Å²) >= 11 is 0. The van der Waals surface area contributed by atoms with Crippen LogP contribution in [-0.2, 0) is 11.3 Å². The number of halogens is 1. The molecule has 0 amide bonds. The molecule has 3 N–H and O–H groups in total. The van der Waals surface area contributed by atoms with Gasteiger partial charge in [-0.2, -0.15) is 0 Å². The molecule has 2 unspecified atom stereocenters. The van der Waals surface area contributed by atoms with Crippen LogP contribution >= 0.6 is 0 Å². The number of nitrogens with one attached hydrogen (secondary N) is 1. The zero-order valence-corrected chi connectivity index (χ0v) is 12.0. The number of likely N-dealkylation sites (tertiary alicyclic amines) is 1. The van der Waals surface area contributed by atoms with Crippen molar-refractivity contribution in [2.45, 2.75) is 26.0 Å². The number of rotatable bonds is 4. The monoisotopic (exact) mass is 279 g/mol. The molecule has 5 heteroatoms. The Morgan fingerprint density at radius 2 is 2.30 bits per heavy atom. The summed E-state index contributed by atoms with van der Waals surface area (Å²) in [6, 6.07) is 4.74. The van der Waals surface area contributed by atoms with E-state index in [9.17, 15) is 4.39 Å². The van der Waals surface area contributed by atoms with Crippen molar-refractivity contribution >= 4 is 5.84 Å². The lowest BCUT2D eigenvalue weighted by atomic mass is 9.95. The van der Waals surface area contributed by atoms with E-state index < -0.39 is 0 Å². The van der Waals surface area contributed by atoms with E-state index in [4.69, 9.17) is 15.9 Å². The van der Waals surface area contributed by atoms with Gasteiger partial charge in [0.2, 0.25) is 0 Å². The molecule has 1 aromatic carbocycles. The summed E-state index contributed by atoms with van der Waals surface area (Å²) in [5.74, 6) is 0.133. The molecule has 4 nitrogen and oxygen atoms in total. The van der Waals surface area contributed by atoms with E-state index in [1.54, 1.807) is 19.2 Å². The van der Waals surface area contributed by atoms with E-state index >= 15 is 0 Å². The lowest BCUT2D eigenvalue weighted by molar-refractivity contribution is -0.00772. The molecule has 0 bridgehead atoms. The average Bonchev–Trinajstić information content (AvgIpc) is 2.42. The van der Waals surface area contributed by atoms with Crippen molar-refractivity contribution in [3.8, 4) is 0 Å². The molecule has 2 atom stereocenters. The van der Waals surface area contributed by atoms with Gasteiger partial charge in [0.15, 0.2) is 0 Å². The van der Waals surface area contributed by atoms with Crippen LogP contribution in [0, 0.1) is 17.1 Å². The lowest BCUT2D eigenvalue weighted by Crippen LogP contribution is -2.43. The van der Waals surface area contributed by atoms with Gasteiger partial charge in [-0.1, -0.05) is 19.1 Å². The number of methoxy groups -OCH3 is 1. The highest BCUT2D eigenvalue weighted by molar-refractivity contribution is 5.94. The number of nitrogen functional groups attached to an aromatic ring is 1. The maximum atomic E-state index is 14.0. The molecular weight excluding hydrogens is 257 g/mol. The predicted octanol–water partition coefficient (Wildman–Crippen LogP) is 1.97. The molecule has 0 radical (unpaired) electrons. The number of amidine groups is 1. The second-order valence-electron chi connectivity index (χ2n) is 5.50. The van der Waals surface area contributed by atoms with Gasteiger partial charge in [0.25, 0.3) is 0 Å². The Kier molecular flexibility index (Phi) is 4.73. The van der Waals surface area contributed by atoms with Crippen molar-refractivity contribution in [3.05, 3.63) is 35.1 Å². The quantitative estimate of drug-likeness (QED) is 0.654. The van der Waals surface area contributed by atoms with Gasteiger partial charge in [0.05, 0.1) is 6.10 Å². The largest absolute Gasteiger partial charge is 0.384 e. The first-order valence-corrected chi connectivity index (χ1v) is 6.89. The molecule has 1 fully saturated rings. The zero-order chi connectivity index (χ0) is 14.7. The van der Waals surface area contributed by atoms with Crippen LogP contribution in [0.15, 0.2) is 18.2 Å². The number of ether oxygens (including phenoxy) is 1. The molecule has 2 rings (SSSR count). The molecule has 20 heavy (non-hydrogen) atoms. The molecule has 1 aromatic rings. The van der Waals surface area contributed by atoms with Gasteiger partial charge in [0.1, 0.15) is 11.7 Å². The van der Waals surface area contributed by atoms with Crippen LogP contribution in [0.2, 0.25) is 0 Å². The molecule has 0 aromatic heterocycles. The van der Waals surface area contributed by atoms with Crippen LogP contribution in [0.5, 0.6) is 0 Å². The SMILES string of the molecule is COC1CN(Cc2ccc(C(=N)N)cc2F)CCC1C. The average molecular weight is 279 g/mol. The van der Waals surface area contributed by atoms with Gasteiger partial charge >= 0.3 is 0 Å². The normalized spacial score (nSPS) is 23.8. The van der Waals surface area contributed by atoms with E-state index in [1.165, 1.54) is 6.07 Å². The Balaban J connectivity index is 2.05. The highest BCUT2D eigenvalue weighted by Crippen LogP contribution is 2.22. The van der Waals surface area contributed by atoms with Crippen molar-refractivity contribution in [3.63, 3.8) is 0 Å². The molecule has 0 aliphatic carbocycles. The van der Waals surface area contributed by atoms with Gasteiger partial charge in [-0.3, -0.25) is 10.3 Å². The first-order chi connectivity index (χ1) is 9.51. The van der Waals surface area contributed by atoms with E-state index in [0.717, 1.165) is 19.5 Å². The predicted molar refractivity (Wildman–Crippen MR) is 77.3 cm³/mol. The molecular formula is C15H22FN3O.